The molecule has 1 aliphatic rings. The quantitative estimate of drug-likeness (QED) is 0.707. The first-order valence-electron chi connectivity index (χ1n) is 4.73. The highest BCUT2D eigenvalue weighted by Gasteiger charge is 2.19. The van der Waals surface area contributed by atoms with Gasteiger partial charge in [-0.2, -0.15) is 0 Å². The molecule has 1 aromatic rings. The van der Waals surface area contributed by atoms with Gasteiger partial charge >= 0.3 is 0 Å². The molecule has 1 atom stereocenters. The van der Waals surface area contributed by atoms with E-state index in [2.05, 4.69) is 16.8 Å². The van der Waals surface area contributed by atoms with Crippen molar-refractivity contribution >= 4 is 11.6 Å². The summed E-state index contributed by atoms with van der Waals surface area (Å²) >= 11 is 0. The average molecular weight is 177 g/mol. The van der Waals surface area contributed by atoms with Crippen LogP contribution in [-0.4, -0.2) is 18.1 Å². The Balaban J connectivity index is 2.16. The molecule has 70 valence electrons. The van der Waals surface area contributed by atoms with E-state index in [1.807, 2.05) is 18.2 Å². The van der Waals surface area contributed by atoms with Crippen LogP contribution in [0.25, 0.3) is 0 Å². The maximum absolute atomic E-state index is 5.62. The van der Waals surface area contributed by atoms with Crippen LogP contribution >= 0.6 is 0 Å². The van der Waals surface area contributed by atoms with Gasteiger partial charge in [-0.1, -0.05) is 13.0 Å². The number of nitrogens with zero attached hydrogens (tertiary/aromatic N) is 2. The van der Waals surface area contributed by atoms with Crippen LogP contribution in [0, 0.1) is 5.92 Å². The van der Waals surface area contributed by atoms with E-state index in [0.29, 0.717) is 5.82 Å². The lowest BCUT2D eigenvalue weighted by molar-refractivity contribution is 0.659. The molecular weight excluding hydrogens is 162 g/mol. The second kappa shape index (κ2) is 3.24. The second-order valence-electron chi connectivity index (χ2n) is 3.76. The number of pyridine rings is 1. The highest BCUT2D eigenvalue weighted by molar-refractivity contribution is 5.45. The Bertz CT molecular complexity index is 298. The molecular formula is C10H15N3. The summed E-state index contributed by atoms with van der Waals surface area (Å²) in [5, 5.41) is 0. The summed E-state index contributed by atoms with van der Waals surface area (Å²) in [6.07, 6.45) is 1.26. The molecule has 1 saturated heterocycles. The van der Waals surface area contributed by atoms with Crippen LogP contribution < -0.4 is 10.6 Å². The Morgan fingerprint density at radius 2 is 2.38 bits per heavy atom. The number of aromatic nitrogens is 1. The predicted molar refractivity (Wildman–Crippen MR) is 54.6 cm³/mol. The van der Waals surface area contributed by atoms with Crippen molar-refractivity contribution in [3.05, 3.63) is 18.2 Å². The summed E-state index contributed by atoms with van der Waals surface area (Å²) in [6, 6.07) is 5.80. The Morgan fingerprint density at radius 1 is 1.54 bits per heavy atom. The van der Waals surface area contributed by atoms with Crippen molar-refractivity contribution < 1.29 is 0 Å². The van der Waals surface area contributed by atoms with Gasteiger partial charge in [-0.15, -0.1) is 0 Å². The fraction of sp³-hybridized carbons (Fsp3) is 0.500. The topological polar surface area (TPSA) is 42.1 Å². The van der Waals surface area contributed by atoms with Gasteiger partial charge in [-0.25, -0.2) is 4.98 Å². The van der Waals surface area contributed by atoms with Crippen molar-refractivity contribution in [2.75, 3.05) is 23.7 Å². The molecule has 13 heavy (non-hydrogen) atoms. The molecule has 2 N–H and O–H groups in total. The van der Waals surface area contributed by atoms with Gasteiger partial charge in [0.25, 0.3) is 0 Å². The van der Waals surface area contributed by atoms with E-state index in [0.717, 1.165) is 24.8 Å². The summed E-state index contributed by atoms with van der Waals surface area (Å²) in [5.74, 6) is 2.41. The van der Waals surface area contributed by atoms with Crippen LogP contribution in [0.2, 0.25) is 0 Å². The Morgan fingerprint density at radius 3 is 3.00 bits per heavy atom. The van der Waals surface area contributed by atoms with E-state index in [1.165, 1.54) is 6.42 Å². The Labute approximate surface area is 78.6 Å². The second-order valence-corrected chi connectivity index (χ2v) is 3.76. The molecule has 0 aliphatic carbocycles. The number of hydrogen-bond donors (Lipinski definition) is 1. The first-order chi connectivity index (χ1) is 6.25. The SMILES string of the molecule is C[C@@H]1CCN(c2cccc(N)n2)C1. The fourth-order valence-electron chi connectivity index (χ4n) is 1.76. The van der Waals surface area contributed by atoms with Crippen LogP contribution in [0.4, 0.5) is 11.6 Å². The van der Waals surface area contributed by atoms with Gasteiger partial charge < -0.3 is 10.6 Å². The molecule has 0 amide bonds. The number of hydrogen-bond acceptors (Lipinski definition) is 3. The molecule has 0 radical (unpaired) electrons. The van der Waals surface area contributed by atoms with Crippen molar-refractivity contribution in [2.45, 2.75) is 13.3 Å². The highest BCUT2D eigenvalue weighted by atomic mass is 15.2. The lowest BCUT2D eigenvalue weighted by Gasteiger charge is -2.16. The van der Waals surface area contributed by atoms with E-state index < -0.39 is 0 Å². The number of nitrogen functional groups attached to an aromatic ring is 1. The van der Waals surface area contributed by atoms with E-state index in [-0.39, 0.29) is 0 Å². The third kappa shape index (κ3) is 1.74. The molecule has 2 rings (SSSR count). The van der Waals surface area contributed by atoms with Crippen molar-refractivity contribution in [1.82, 2.24) is 4.98 Å². The number of anilines is 2. The van der Waals surface area contributed by atoms with Crippen molar-refractivity contribution in [3.63, 3.8) is 0 Å². The average Bonchev–Trinajstić information content (AvgIpc) is 2.52. The summed E-state index contributed by atoms with van der Waals surface area (Å²) in [5.41, 5.74) is 5.62. The zero-order valence-electron chi connectivity index (χ0n) is 7.90. The van der Waals surface area contributed by atoms with E-state index in [4.69, 9.17) is 5.73 Å². The standard InChI is InChI=1S/C10H15N3/c1-8-5-6-13(7-8)10-4-2-3-9(11)12-10/h2-4,8H,5-7H2,1H3,(H2,11,12)/t8-/m1/s1. The molecule has 1 fully saturated rings. The van der Waals surface area contributed by atoms with Crippen molar-refractivity contribution in [1.29, 1.82) is 0 Å². The molecule has 0 spiro atoms. The van der Waals surface area contributed by atoms with Gasteiger partial charge in [0.2, 0.25) is 0 Å². The predicted octanol–water partition coefficient (Wildman–Crippen LogP) is 1.51. The largest absolute Gasteiger partial charge is 0.384 e. The van der Waals surface area contributed by atoms with Crippen molar-refractivity contribution in [3.8, 4) is 0 Å². The third-order valence-corrected chi connectivity index (χ3v) is 2.50. The summed E-state index contributed by atoms with van der Waals surface area (Å²) in [6.45, 7) is 4.49. The van der Waals surface area contributed by atoms with Gasteiger partial charge in [0, 0.05) is 13.1 Å². The lowest BCUT2D eigenvalue weighted by atomic mass is 10.2. The minimum absolute atomic E-state index is 0.608. The number of rotatable bonds is 1. The molecule has 0 unspecified atom stereocenters. The Kier molecular flexibility index (Phi) is 2.08. The van der Waals surface area contributed by atoms with Gasteiger partial charge in [0.15, 0.2) is 0 Å². The normalized spacial score (nSPS) is 22.2. The van der Waals surface area contributed by atoms with E-state index in [1.54, 1.807) is 0 Å². The van der Waals surface area contributed by atoms with Gasteiger partial charge in [0.05, 0.1) is 0 Å². The molecule has 1 aliphatic heterocycles. The van der Waals surface area contributed by atoms with E-state index >= 15 is 0 Å². The summed E-state index contributed by atoms with van der Waals surface area (Å²) < 4.78 is 0. The van der Waals surface area contributed by atoms with E-state index in [9.17, 15) is 0 Å². The molecule has 0 saturated carbocycles. The zero-order valence-corrected chi connectivity index (χ0v) is 7.90. The van der Waals surface area contributed by atoms with Crippen LogP contribution in [0.5, 0.6) is 0 Å². The molecule has 0 bridgehead atoms. The summed E-state index contributed by atoms with van der Waals surface area (Å²) in [4.78, 5) is 6.59. The first-order valence-corrected chi connectivity index (χ1v) is 4.73. The third-order valence-electron chi connectivity index (χ3n) is 2.50. The highest BCUT2D eigenvalue weighted by Crippen LogP contribution is 2.21. The maximum atomic E-state index is 5.62. The maximum Gasteiger partial charge on any atom is 0.130 e. The van der Waals surface area contributed by atoms with Crippen LogP contribution in [0.1, 0.15) is 13.3 Å². The fourth-order valence-corrected chi connectivity index (χ4v) is 1.76. The van der Waals surface area contributed by atoms with Crippen molar-refractivity contribution in [2.24, 2.45) is 5.92 Å². The first kappa shape index (κ1) is 8.35. The van der Waals surface area contributed by atoms with Gasteiger partial charge in [-0.3, -0.25) is 0 Å². The minimum Gasteiger partial charge on any atom is -0.384 e. The number of nitrogens with two attached hydrogens (primary N) is 1. The smallest absolute Gasteiger partial charge is 0.130 e. The minimum atomic E-state index is 0.608. The monoisotopic (exact) mass is 177 g/mol. The Hall–Kier alpha value is -1.25. The molecule has 3 nitrogen and oxygen atoms in total. The van der Waals surface area contributed by atoms with Crippen LogP contribution in [-0.2, 0) is 0 Å². The van der Waals surface area contributed by atoms with Gasteiger partial charge in [0.1, 0.15) is 11.6 Å². The lowest BCUT2D eigenvalue weighted by Crippen LogP contribution is -2.20. The van der Waals surface area contributed by atoms with Gasteiger partial charge in [-0.05, 0) is 24.5 Å². The zero-order chi connectivity index (χ0) is 9.26. The molecule has 3 heteroatoms. The molecule has 2 heterocycles. The summed E-state index contributed by atoms with van der Waals surface area (Å²) in [7, 11) is 0. The van der Waals surface area contributed by atoms with Crippen LogP contribution in [0.3, 0.4) is 0 Å². The molecule has 1 aromatic heterocycles. The molecule has 0 aromatic carbocycles. The van der Waals surface area contributed by atoms with Crippen LogP contribution in [0.15, 0.2) is 18.2 Å².